The summed E-state index contributed by atoms with van der Waals surface area (Å²) in [5, 5.41) is 10.8. The summed E-state index contributed by atoms with van der Waals surface area (Å²) < 4.78 is 12.3. The van der Waals surface area contributed by atoms with Gasteiger partial charge in [-0.1, -0.05) is 75.4 Å². The van der Waals surface area contributed by atoms with Gasteiger partial charge >= 0.3 is 11.9 Å². The Labute approximate surface area is 265 Å². The van der Waals surface area contributed by atoms with Gasteiger partial charge in [0.1, 0.15) is 17.3 Å². The fraction of sp³-hybridized carbons (Fsp3) is 0.450. The number of carbonyl (C=O) groups excluding carboxylic acids is 2. The van der Waals surface area contributed by atoms with Gasteiger partial charge in [-0.2, -0.15) is 0 Å². The number of carbonyl (C=O) groups is 2. The minimum absolute atomic E-state index is 0.0754. The molecule has 0 unspecified atom stereocenters. The Morgan fingerprint density at radius 2 is 1.71 bits per heavy atom. The molecular weight excluding hydrogens is 560 g/mol. The topological polar surface area (TPSA) is 72.8 Å². The summed E-state index contributed by atoms with van der Waals surface area (Å²) >= 11 is 0. The first-order valence-corrected chi connectivity index (χ1v) is 17.2. The van der Waals surface area contributed by atoms with E-state index >= 15 is 0 Å². The van der Waals surface area contributed by atoms with Crippen LogP contribution in [0.4, 0.5) is 0 Å². The van der Waals surface area contributed by atoms with Gasteiger partial charge in [0.15, 0.2) is 0 Å². The van der Waals surface area contributed by atoms with Crippen molar-refractivity contribution in [1.29, 1.82) is 0 Å². The van der Waals surface area contributed by atoms with Crippen molar-refractivity contribution in [1.82, 2.24) is 0 Å². The molecule has 0 amide bonds. The molecule has 2 aromatic carbocycles. The van der Waals surface area contributed by atoms with Gasteiger partial charge in [0.25, 0.3) is 0 Å². The highest BCUT2D eigenvalue weighted by Crippen LogP contribution is 2.72. The second-order valence-corrected chi connectivity index (χ2v) is 14.0. The molecule has 5 aliphatic carbocycles. The highest BCUT2D eigenvalue weighted by molar-refractivity contribution is 6.07. The van der Waals surface area contributed by atoms with Crippen LogP contribution in [0.25, 0.3) is 16.7 Å². The average Bonchev–Trinajstić information content (AvgIpc) is 3.77. The molecule has 1 saturated heterocycles. The lowest BCUT2D eigenvalue weighted by atomic mass is 9.44. The van der Waals surface area contributed by atoms with Crippen LogP contribution in [0.1, 0.15) is 89.5 Å². The van der Waals surface area contributed by atoms with Crippen LogP contribution >= 0.6 is 0 Å². The van der Waals surface area contributed by atoms with Gasteiger partial charge in [0, 0.05) is 17.1 Å². The van der Waals surface area contributed by atoms with Gasteiger partial charge in [-0.25, -0.2) is 9.59 Å². The average molecular weight is 603 g/mol. The summed E-state index contributed by atoms with van der Waals surface area (Å²) in [6, 6.07) is 15.7. The Morgan fingerprint density at radius 1 is 0.889 bits per heavy atom. The number of rotatable bonds is 7. The van der Waals surface area contributed by atoms with Crippen LogP contribution in [0.5, 0.6) is 5.75 Å². The lowest BCUT2D eigenvalue weighted by Crippen LogP contribution is -2.52. The molecule has 1 N–H and O–H groups in total. The van der Waals surface area contributed by atoms with Crippen LogP contribution in [0.3, 0.4) is 0 Å². The fourth-order valence-electron chi connectivity index (χ4n) is 9.91. The molecule has 232 valence electrons. The van der Waals surface area contributed by atoms with E-state index < -0.39 is 5.41 Å². The molecule has 4 atom stereocenters. The first-order chi connectivity index (χ1) is 22.0. The number of esters is 2. The number of cyclic esters (lactones) is 2. The largest absolute Gasteiger partial charge is 0.508 e. The van der Waals surface area contributed by atoms with Crippen LogP contribution in [0.15, 0.2) is 88.9 Å². The van der Waals surface area contributed by atoms with Crippen LogP contribution in [0, 0.1) is 29.1 Å². The minimum Gasteiger partial charge on any atom is -0.508 e. The standard InChI is InChI=1S/C40H42O5/c1-2-3-16-33-40-22-21-28(29-19-20-30-32(44-38(42)35(30)36(29)40)15-9-12-24-10-7-8-11-24)34(37(40)39(43)45-33)31-23-26(41)17-18-27(31)25-13-5-4-6-14-25/h4-6,13-18,23-24,28-29,36,41H,2-3,7-12,19-22H2,1H3/t28-,29-,36-,40-/m1/s1. The number of ether oxygens (including phenoxy) is 2. The predicted octanol–water partition coefficient (Wildman–Crippen LogP) is 9.20. The van der Waals surface area contributed by atoms with E-state index in [1.165, 1.54) is 25.7 Å². The molecule has 9 rings (SSSR count). The second-order valence-electron chi connectivity index (χ2n) is 14.0. The minimum atomic E-state index is -0.709. The van der Waals surface area contributed by atoms with E-state index in [9.17, 15) is 14.7 Å². The zero-order valence-corrected chi connectivity index (χ0v) is 26.1. The van der Waals surface area contributed by atoms with Crippen molar-refractivity contribution in [2.75, 3.05) is 0 Å². The lowest BCUT2D eigenvalue weighted by molar-refractivity contribution is -0.135. The third-order valence-electron chi connectivity index (χ3n) is 11.7. The summed E-state index contributed by atoms with van der Waals surface area (Å²) in [4.78, 5) is 28.0. The van der Waals surface area contributed by atoms with E-state index in [2.05, 4.69) is 31.2 Å². The first-order valence-electron chi connectivity index (χ1n) is 17.2. The molecule has 2 heterocycles. The first kappa shape index (κ1) is 28.6. The SMILES string of the molecule is CCCC=C1OC(=O)C2=C(c3cc(O)ccc3-c3ccccc3)[C@@H]3CC[C@]12[C@H]1C2=C(CC[C@H]31)C(=CCCC1CCCC1)OC2=O. The third kappa shape index (κ3) is 4.40. The second kappa shape index (κ2) is 11.2. The maximum Gasteiger partial charge on any atom is 0.340 e. The molecule has 0 radical (unpaired) electrons. The Bertz CT molecular complexity index is 1680. The highest BCUT2D eigenvalue weighted by atomic mass is 16.5. The number of phenols is 1. The van der Waals surface area contributed by atoms with Crippen molar-refractivity contribution in [2.45, 2.75) is 84.0 Å². The zero-order valence-electron chi connectivity index (χ0n) is 26.1. The van der Waals surface area contributed by atoms with E-state index in [1.807, 2.05) is 30.3 Å². The quantitative estimate of drug-likeness (QED) is 0.320. The van der Waals surface area contributed by atoms with E-state index in [0.29, 0.717) is 5.57 Å². The molecule has 5 nitrogen and oxygen atoms in total. The molecule has 7 aliphatic rings. The molecule has 45 heavy (non-hydrogen) atoms. The molecule has 2 saturated carbocycles. The van der Waals surface area contributed by atoms with Gasteiger partial charge in [-0.15, -0.1) is 0 Å². The van der Waals surface area contributed by atoms with Gasteiger partial charge in [-0.3, -0.25) is 0 Å². The van der Waals surface area contributed by atoms with Gasteiger partial charge in [0.05, 0.1) is 11.0 Å². The lowest BCUT2D eigenvalue weighted by Gasteiger charge is -2.56. The Morgan fingerprint density at radius 3 is 2.51 bits per heavy atom. The molecule has 5 heteroatoms. The smallest absolute Gasteiger partial charge is 0.340 e. The molecule has 2 bridgehead atoms. The van der Waals surface area contributed by atoms with Crippen LogP contribution < -0.4 is 0 Å². The Balaban J connectivity index is 1.30. The maximum atomic E-state index is 14.1. The van der Waals surface area contributed by atoms with Crippen molar-refractivity contribution in [3.8, 4) is 16.9 Å². The van der Waals surface area contributed by atoms with E-state index in [0.717, 1.165) is 102 Å². The zero-order chi connectivity index (χ0) is 30.7. The van der Waals surface area contributed by atoms with Crippen LogP contribution in [0.2, 0.25) is 0 Å². The molecule has 1 spiro atoms. The molecule has 0 aromatic heterocycles. The van der Waals surface area contributed by atoms with Gasteiger partial charge in [0.2, 0.25) is 0 Å². The van der Waals surface area contributed by atoms with Crippen LogP contribution in [-0.4, -0.2) is 17.0 Å². The van der Waals surface area contributed by atoms with Gasteiger partial charge < -0.3 is 14.6 Å². The number of allylic oxidation sites excluding steroid dienone is 5. The summed E-state index contributed by atoms with van der Waals surface area (Å²) in [5.74, 6) is 2.01. The van der Waals surface area contributed by atoms with Crippen molar-refractivity contribution in [3.05, 3.63) is 94.5 Å². The normalized spacial score (nSPS) is 30.6. The van der Waals surface area contributed by atoms with Crippen molar-refractivity contribution < 1.29 is 24.2 Å². The fourth-order valence-corrected chi connectivity index (χ4v) is 9.91. The molecular formula is C40H42O5. The van der Waals surface area contributed by atoms with E-state index in [-0.39, 0.29) is 35.4 Å². The van der Waals surface area contributed by atoms with Gasteiger partial charge in [-0.05, 0) is 109 Å². The number of hydrogen-bond donors (Lipinski definition) is 1. The summed E-state index contributed by atoms with van der Waals surface area (Å²) in [7, 11) is 0. The van der Waals surface area contributed by atoms with Crippen molar-refractivity contribution in [2.24, 2.45) is 29.1 Å². The predicted molar refractivity (Wildman–Crippen MR) is 173 cm³/mol. The number of aromatic hydroxyl groups is 1. The van der Waals surface area contributed by atoms with E-state index in [1.54, 1.807) is 6.07 Å². The van der Waals surface area contributed by atoms with E-state index in [4.69, 9.17) is 9.47 Å². The highest BCUT2D eigenvalue weighted by Gasteiger charge is 2.68. The van der Waals surface area contributed by atoms with Crippen LogP contribution in [-0.2, 0) is 19.1 Å². The Kier molecular flexibility index (Phi) is 7.11. The molecule has 3 fully saturated rings. The summed E-state index contributed by atoms with van der Waals surface area (Å²) in [5.41, 5.74) is 5.79. The number of benzene rings is 2. The number of unbranched alkanes of at least 4 members (excludes halogenated alkanes) is 1. The third-order valence-corrected chi connectivity index (χ3v) is 11.7. The summed E-state index contributed by atoms with van der Waals surface area (Å²) in [6.07, 6.45) is 16.8. The molecule has 2 aliphatic heterocycles. The number of fused-ring (bicyclic) bond motifs is 1. The number of phenolic OH excluding ortho intramolecular Hbond substituents is 1. The van der Waals surface area contributed by atoms with Crippen molar-refractivity contribution in [3.63, 3.8) is 0 Å². The maximum absolute atomic E-state index is 14.1. The summed E-state index contributed by atoms with van der Waals surface area (Å²) in [6.45, 7) is 2.13. The Hall–Kier alpha value is -3.86. The molecule has 2 aromatic rings. The number of hydrogen-bond acceptors (Lipinski definition) is 5. The monoisotopic (exact) mass is 602 g/mol. The van der Waals surface area contributed by atoms with Crippen molar-refractivity contribution >= 4 is 17.5 Å².